The van der Waals surface area contributed by atoms with Crippen molar-refractivity contribution in [2.45, 2.75) is 39.3 Å². The highest BCUT2D eigenvalue weighted by Gasteiger charge is 2.26. The van der Waals surface area contributed by atoms with Crippen LogP contribution in [-0.4, -0.2) is 26.3 Å². The highest BCUT2D eigenvalue weighted by molar-refractivity contribution is 5.99. The maximum atomic E-state index is 6.56. The van der Waals surface area contributed by atoms with E-state index in [9.17, 15) is 0 Å². The summed E-state index contributed by atoms with van der Waals surface area (Å²) >= 11 is 0. The zero-order valence-corrected chi connectivity index (χ0v) is 17.6. The molecule has 0 radical (unpaired) electrons. The number of nitrogens with zero attached hydrogens (tertiary/aromatic N) is 5. The summed E-state index contributed by atoms with van der Waals surface area (Å²) in [5, 5.41) is 5.60. The molecule has 30 heavy (non-hydrogen) atoms. The van der Waals surface area contributed by atoms with Crippen LogP contribution in [0, 0.1) is 0 Å². The van der Waals surface area contributed by atoms with Crippen LogP contribution in [0.2, 0.25) is 0 Å². The lowest BCUT2D eigenvalue weighted by Crippen LogP contribution is -2.31. The Morgan fingerprint density at radius 1 is 0.900 bits per heavy atom. The van der Waals surface area contributed by atoms with Gasteiger partial charge >= 0.3 is 0 Å². The fourth-order valence-electron chi connectivity index (χ4n) is 4.12. The summed E-state index contributed by atoms with van der Waals surface area (Å²) in [6.45, 7) is 7.95. The fourth-order valence-corrected chi connectivity index (χ4v) is 4.12. The highest BCUT2D eigenvalue weighted by atomic mass is 15.4. The van der Waals surface area contributed by atoms with Crippen LogP contribution in [0.15, 0.2) is 54.6 Å². The van der Waals surface area contributed by atoms with Crippen LogP contribution < -0.4 is 10.6 Å². The van der Waals surface area contributed by atoms with Crippen molar-refractivity contribution >= 4 is 22.8 Å². The maximum Gasteiger partial charge on any atom is 0.228 e. The minimum Gasteiger partial charge on any atom is -0.383 e. The van der Waals surface area contributed by atoms with E-state index in [1.165, 1.54) is 11.1 Å². The molecule has 152 valence electrons. The van der Waals surface area contributed by atoms with Gasteiger partial charge in [0, 0.05) is 18.7 Å². The standard InChI is InChI=1S/C24H26N6/c1-24(2,3)30-21(25)19-20(17-10-5-4-6-11-17)26-23(27-22(19)28-30)29-14-13-16-9-7-8-12-18(16)15-29/h4-12H,13-15,25H2,1-3H3. The number of benzene rings is 2. The van der Waals surface area contributed by atoms with E-state index in [4.69, 9.17) is 20.8 Å². The zero-order valence-electron chi connectivity index (χ0n) is 17.6. The molecule has 0 fully saturated rings. The Balaban J connectivity index is 1.69. The van der Waals surface area contributed by atoms with Crippen molar-refractivity contribution in [1.29, 1.82) is 0 Å². The van der Waals surface area contributed by atoms with Crippen molar-refractivity contribution in [2.75, 3.05) is 17.2 Å². The molecule has 2 aromatic carbocycles. The first-order chi connectivity index (χ1) is 14.4. The number of rotatable bonds is 2. The van der Waals surface area contributed by atoms with E-state index in [0.717, 1.165) is 36.2 Å². The smallest absolute Gasteiger partial charge is 0.228 e. The Morgan fingerprint density at radius 3 is 2.33 bits per heavy atom. The lowest BCUT2D eigenvalue weighted by atomic mass is 10.0. The van der Waals surface area contributed by atoms with Crippen LogP contribution in [0.25, 0.3) is 22.3 Å². The van der Waals surface area contributed by atoms with E-state index in [2.05, 4.69) is 62.1 Å². The number of hydrogen-bond acceptors (Lipinski definition) is 5. The normalized spacial score (nSPS) is 14.2. The summed E-state index contributed by atoms with van der Waals surface area (Å²) in [6, 6.07) is 18.7. The lowest BCUT2D eigenvalue weighted by molar-refractivity contribution is 0.364. The topological polar surface area (TPSA) is 72.9 Å². The van der Waals surface area contributed by atoms with E-state index in [1.54, 1.807) is 0 Å². The van der Waals surface area contributed by atoms with Gasteiger partial charge in [0.2, 0.25) is 5.95 Å². The van der Waals surface area contributed by atoms with E-state index < -0.39 is 0 Å². The molecule has 0 unspecified atom stereocenters. The van der Waals surface area contributed by atoms with Gasteiger partial charge in [-0.3, -0.25) is 0 Å². The van der Waals surface area contributed by atoms with Crippen molar-refractivity contribution in [1.82, 2.24) is 19.7 Å². The van der Waals surface area contributed by atoms with Crippen molar-refractivity contribution in [2.24, 2.45) is 0 Å². The Bertz CT molecular complexity index is 1220. The molecule has 3 heterocycles. The first-order valence-electron chi connectivity index (χ1n) is 10.4. The molecule has 0 aliphatic carbocycles. The van der Waals surface area contributed by atoms with Gasteiger partial charge in [-0.15, -0.1) is 5.10 Å². The Morgan fingerprint density at radius 2 is 1.60 bits per heavy atom. The number of nitrogen functional groups attached to an aromatic ring is 1. The quantitative estimate of drug-likeness (QED) is 0.542. The molecule has 5 rings (SSSR count). The Hall–Kier alpha value is -3.41. The minimum absolute atomic E-state index is 0.247. The summed E-state index contributed by atoms with van der Waals surface area (Å²) in [5.41, 5.74) is 11.5. The SMILES string of the molecule is CC(C)(C)n1nc2nc(N3CCc4ccccc4C3)nc(-c3ccccc3)c2c1N. The Kier molecular flexibility index (Phi) is 4.24. The van der Waals surface area contributed by atoms with Gasteiger partial charge in [-0.1, -0.05) is 54.6 Å². The van der Waals surface area contributed by atoms with E-state index >= 15 is 0 Å². The molecular formula is C24H26N6. The van der Waals surface area contributed by atoms with E-state index in [1.807, 2.05) is 22.9 Å². The first-order valence-corrected chi connectivity index (χ1v) is 10.4. The van der Waals surface area contributed by atoms with Gasteiger partial charge in [0.25, 0.3) is 0 Å². The zero-order chi connectivity index (χ0) is 20.9. The van der Waals surface area contributed by atoms with Gasteiger partial charge in [0.1, 0.15) is 5.82 Å². The highest BCUT2D eigenvalue weighted by Crippen LogP contribution is 2.35. The van der Waals surface area contributed by atoms with Crippen LogP contribution in [0.1, 0.15) is 31.9 Å². The predicted octanol–water partition coefficient (Wildman–Crippen LogP) is 4.39. The lowest BCUT2D eigenvalue weighted by Gasteiger charge is -2.29. The van der Waals surface area contributed by atoms with Crippen LogP contribution in [0.4, 0.5) is 11.8 Å². The minimum atomic E-state index is -0.247. The average molecular weight is 399 g/mol. The van der Waals surface area contributed by atoms with Gasteiger partial charge in [-0.2, -0.15) is 4.98 Å². The third kappa shape index (κ3) is 3.09. The molecule has 0 saturated heterocycles. The summed E-state index contributed by atoms with van der Waals surface area (Å²) < 4.78 is 1.86. The van der Waals surface area contributed by atoms with E-state index in [-0.39, 0.29) is 5.54 Å². The van der Waals surface area contributed by atoms with Gasteiger partial charge in [0.05, 0.1) is 16.6 Å². The molecule has 1 aliphatic rings. The summed E-state index contributed by atoms with van der Waals surface area (Å²) in [4.78, 5) is 12.1. The van der Waals surface area contributed by atoms with Crippen molar-refractivity contribution in [3.8, 4) is 11.3 Å². The number of anilines is 2. The number of hydrogen-bond donors (Lipinski definition) is 1. The second-order valence-electron chi connectivity index (χ2n) is 8.84. The maximum absolute atomic E-state index is 6.56. The fraction of sp³-hybridized carbons (Fsp3) is 0.292. The van der Waals surface area contributed by atoms with Crippen molar-refractivity contribution in [3.63, 3.8) is 0 Å². The second-order valence-corrected chi connectivity index (χ2v) is 8.84. The molecule has 0 amide bonds. The van der Waals surface area contributed by atoms with Crippen LogP contribution in [0.5, 0.6) is 0 Å². The Labute approximate surface area is 176 Å². The van der Waals surface area contributed by atoms with Gasteiger partial charge < -0.3 is 10.6 Å². The number of fused-ring (bicyclic) bond motifs is 2. The molecule has 0 atom stereocenters. The summed E-state index contributed by atoms with van der Waals surface area (Å²) in [7, 11) is 0. The van der Waals surface area contributed by atoms with Crippen molar-refractivity contribution in [3.05, 3.63) is 65.7 Å². The molecule has 6 heteroatoms. The predicted molar refractivity (Wildman–Crippen MR) is 121 cm³/mol. The molecular weight excluding hydrogens is 372 g/mol. The van der Waals surface area contributed by atoms with Gasteiger partial charge in [-0.25, -0.2) is 9.67 Å². The largest absolute Gasteiger partial charge is 0.383 e. The number of nitrogens with two attached hydrogens (primary N) is 1. The van der Waals surface area contributed by atoms with Crippen molar-refractivity contribution < 1.29 is 0 Å². The first kappa shape index (κ1) is 18.6. The van der Waals surface area contributed by atoms with Crippen LogP contribution in [-0.2, 0) is 18.5 Å². The van der Waals surface area contributed by atoms with Crippen LogP contribution >= 0.6 is 0 Å². The molecule has 0 bridgehead atoms. The molecule has 2 aromatic heterocycles. The molecule has 0 spiro atoms. The third-order valence-electron chi connectivity index (χ3n) is 5.65. The molecule has 1 aliphatic heterocycles. The molecule has 0 saturated carbocycles. The third-order valence-corrected chi connectivity index (χ3v) is 5.65. The van der Waals surface area contributed by atoms with Gasteiger partial charge in [-0.05, 0) is 38.3 Å². The molecule has 6 nitrogen and oxygen atoms in total. The molecule has 4 aromatic rings. The summed E-state index contributed by atoms with van der Waals surface area (Å²) in [6.07, 6.45) is 0.983. The van der Waals surface area contributed by atoms with Crippen LogP contribution in [0.3, 0.4) is 0 Å². The van der Waals surface area contributed by atoms with Gasteiger partial charge in [0.15, 0.2) is 5.65 Å². The number of aromatic nitrogens is 4. The summed E-state index contributed by atoms with van der Waals surface area (Å²) in [5.74, 6) is 1.31. The molecule has 2 N–H and O–H groups in total. The monoisotopic (exact) mass is 398 g/mol. The average Bonchev–Trinajstić information content (AvgIpc) is 3.10. The van der Waals surface area contributed by atoms with E-state index in [0.29, 0.717) is 17.4 Å². The second kappa shape index (κ2) is 6.83.